The van der Waals surface area contributed by atoms with Crippen LogP contribution in [0.2, 0.25) is 0 Å². The summed E-state index contributed by atoms with van der Waals surface area (Å²) in [6, 6.07) is 7.40. The lowest BCUT2D eigenvalue weighted by atomic mass is 9.89. The molecule has 4 heteroatoms. The van der Waals surface area contributed by atoms with Gasteiger partial charge in [-0.05, 0) is 24.0 Å². The second-order valence-electron chi connectivity index (χ2n) is 4.87. The van der Waals surface area contributed by atoms with Gasteiger partial charge in [-0.2, -0.15) is 5.26 Å². The highest BCUT2D eigenvalue weighted by atomic mass is 16.3. The molecule has 0 aliphatic rings. The lowest BCUT2D eigenvalue weighted by Crippen LogP contribution is -2.24. The fourth-order valence-electron chi connectivity index (χ4n) is 1.54. The first kappa shape index (κ1) is 13.3. The number of anilines is 2. The smallest absolute Gasteiger partial charge is 0.101 e. The Morgan fingerprint density at radius 1 is 1.47 bits per heavy atom. The highest BCUT2D eigenvalue weighted by molar-refractivity contribution is 5.72. The third kappa shape index (κ3) is 3.65. The number of nitrogens with one attached hydrogen (secondary N) is 1. The van der Waals surface area contributed by atoms with Crippen LogP contribution in [0.4, 0.5) is 11.4 Å². The van der Waals surface area contributed by atoms with Crippen LogP contribution in [-0.2, 0) is 0 Å². The molecule has 17 heavy (non-hydrogen) atoms. The summed E-state index contributed by atoms with van der Waals surface area (Å²) in [5, 5.41) is 21.0. The SMILES string of the molecule is CC(C)(CCO)CNc1cccc(C#N)c1N. The van der Waals surface area contributed by atoms with Gasteiger partial charge in [-0.3, -0.25) is 0 Å². The second kappa shape index (κ2) is 5.55. The molecular formula is C13H19N3O. The number of nitriles is 1. The molecule has 0 atom stereocenters. The molecule has 0 aliphatic carbocycles. The van der Waals surface area contributed by atoms with Gasteiger partial charge in [0.15, 0.2) is 0 Å². The first-order valence-corrected chi connectivity index (χ1v) is 5.63. The van der Waals surface area contributed by atoms with Crippen molar-refractivity contribution >= 4 is 11.4 Å². The van der Waals surface area contributed by atoms with Crippen LogP contribution >= 0.6 is 0 Å². The molecule has 0 saturated heterocycles. The molecular weight excluding hydrogens is 214 g/mol. The van der Waals surface area contributed by atoms with E-state index in [1.165, 1.54) is 0 Å². The minimum absolute atomic E-state index is 0.0101. The van der Waals surface area contributed by atoms with E-state index in [4.69, 9.17) is 16.1 Å². The molecule has 0 amide bonds. The van der Waals surface area contributed by atoms with Crippen LogP contribution in [0.15, 0.2) is 18.2 Å². The molecule has 0 bridgehead atoms. The predicted octanol–water partition coefficient (Wildman–Crippen LogP) is 1.96. The first-order chi connectivity index (χ1) is 8.00. The van der Waals surface area contributed by atoms with Crippen molar-refractivity contribution in [2.45, 2.75) is 20.3 Å². The van der Waals surface area contributed by atoms with Crippen molar-refractivity contribution in [1.82, 2.24) is 0 Å². The normalized spacial score (nSPS) is 10.9. The number of rotatable bonds is 5. The van der Waals surface area contributed by atoms with Gasteiger partial charge in [0.2, 0.25) is 0 Å². The average Bonchev–Trinajstić information content (AvgIpc) is 2.28. The lowest BCUT2D eigenvalue weighted by Gasteiger charge is -2.25. The van der Waals surface area contributed by atoms with E-state index in [2.05, 4.69) is 25.2 Å². The first-order valence-electron chi connectivity index (χ1n) is 5.63. The molecule has 0 heterocycles. The van der Waals surface area contributed by atoms with Crippen molar-refractivity contribution in [2.75, 3.05) is 24.2 Å². The highest BCUT2D eigenvalue weighted by Gasteiger charge is 2.17. The maximum Gasteiger partial charge on any atom is 0.101 e. The summed E-state index contributed by atoms with van der Waals surface area (Å²) in [5.74, 6) is 0. The predicted molar refractivity (Wildman–Crippen MR) is 69.5 cm³/mol. The number of hydrogen-bond acceptors (Lipinski definition) is 4. The number of aliphatic hydroxyl groups is 1. The number of nitrogen functional groups attached to an aromatic ring is 1. The van der Waals surface area contributed by atoms with Crippen LogP contribution in [0.3, 0.4) is 0 Å². The standard InChI is InChI=1S/C13H19N3O/c1-13(2,6-7-17)9-16-11-5-3-4-10(8-14)12(11)15/h3-5,16-17H,6-7,9,15H2,1-2H3. The minimum atomic E-state index is -0.0101. The van der Waals surface area contributed by atoms with Crippen LogP contribution in [0.25, 0.3) is 0 Å². The Bertz CT molecular complexity index is 421. The van der Waals surface area contributed by atoms with Crippen LogP contribution < -0.4 is 11.1 Å². The zero-order chi connectivity index (χ0) is 12.9. The number of benzene rings is 1. The van der Waals surface area contributed by atoms with E-state index in [0.29, 0.717) is 17.8 Å². The van der Waals surface area contributed by atoms with Gasteiger partial charge in [0, 0.05) is 13.2 Å². The fraction of sp³-hybridized carbons (Fsp3) is 0.462. The van der Waals surface area contributed by atoms with Gasteiger partial charge >= 0.3 is 0 Å². The molecule has 0 unspecified atom stereocenters. The Morgan fingerprint density at radius 3 is 2.76 bits per heavy atom. The van der Waals surface area contributed by atoms with E-state index in [-0.39, 0.29) is 12.0 Å². The minimum Gasteiger partial charge on any atom is -0.396 e. The van der Waals surface area contributed by atoms with Crippen molar-refractivity contribution in [2.24, 2.45) is 5.41 Å². The number of hydrogen-bond donors (Lipinski definition) is 3. The summed E-state index contributed by atoms with van der Waals surface area (Å²) >= 11 is 0. The third-order valence-corrected chi connectivity index (χ3v) is 2.77. The fourth-order valence-corrected chi connectivity index (χ4v) is 1.54. The summed E-state index contributed by atoms with van der Waals surface area (Å²) in [6.45, 7) is 5.01. The van der Waals surface area contributed by atoms with Crippen LogP contribution in [0.1, 0.15) is 25.8 Å². The largest absolute Gasteiger partial charge is 0.396 e. The van der Waals surface area contributed by atoms with E-state index < -0.39 is 0 Å². The molecule has 0 saturated carbocycles. The van der Waals surface area contributed by atoms with Gasteiger partial charge < -0.3 is 16.2 Å². The summed E-state index contributed by atoms with van der Waals surface area (Å²) in [5.41, 5.74) is 7.59. The van der Waals surface area contributed by atoms with Gasteiger partial charge in [0.25, 0.3) is 0 Å². The quantitative estimate of drug-likeness (QED) is 0.679. The summed E-state index contributed by atoms with van der Waals surface area (Å²) in [7, 11) is 0. The third-order valence-electron chi connectivity index (χ3n) is 2.77. The summed E-state index contributed by atoms with van der Waals surface area (Å²) < 4.78 is 0. The Morgan fingerprint density at radius 2 is 2.18 bits per heavy atom. The molecule has 0 fully saturated rings. The number of para-hydroxylation sites is 1. The monoisotopic (exact) mass is 233 g/mol. The molecule has 0 radical (unpaired) electrons. The van der Waals surface area contributed by atoms with E-state index in [1.807, 2.05) is 6.07 Å². The van der Waals surface area contributed by atoms with Crippen LogP contribution in [-0.4, -0.2) is 18.3 Å². The molecule has 0 aromatic heterocycles. The zero-order valence-electron chi connectivity index (χ0n) is 10.3. The van der Waals surface area contributed by atoms with Crippen LogP contribution in [0, 0.1) is 16.7 Å². The van der Waals surface area contributed by atoms with Gasteiger partial charge in [-0.1, -0.05) is 19.9 Å². The van der Waals surface area contributed by atoms with Gasteiger partial charge in [-0.25, -0.2) is 0 Å². The molecule has 4 N–H and O–H groups in total. The topological polar surface area (TPSA) is 82.1 Å². The summed E-state index contributed by atoms with van der Waals surface area (Å²) in [4.78, 5) is 0. The number of aliphatic hydroxyl groups excluding tert-OH is 1. The Balaban J connectivity index is 2.74. The Kier molecular flexibility index (Phi) is 4.36. The highest BCUT2D eigenvalue weighted by Crippen LogP contribution is 2.25. The van der Waals surface area contributed by atoms with E-state index >= 15 is 0 Å². The van der Waals surface area contributed by atoms with Gasteiger partial charge in [0.05, 0.1) is 16.9 Å². The molecule has 0 aliphatic heterocycles. The van der Waals surface area contributed by atoms with Gasteiger partial charge in [-0.15, -0.1) is 0 Å². The van der Waals surface area contributed by atoms with E-state index in [0.717, 1.165) is 12.1 Å². The number of nitrogens with zero attached hydrogens (tertiary/aromatic N) is 1. The second-order valence-corrected chi connectivity index (χ2v) is 4.87. The Labute approximate surface area is 102 Å². The molecule has 1 aromatic carbocycles. The Hall–Kier alpha value is -1.73. The molecule has 1 aromatic rings. The van der Waals surface area contributed by atoms with Gasteiger partial charge in [0.1, 0.15) is 6.07 Å². The maximum absolute atomic E-state index is 8.94. The average molecular weight is 233 g/mol. The lowest BCUT2D eigenvalue weighted by molar-refractivity contribution is 0.220. The van der Waals surface area contributed by atoms with Crippen molar-refractivity contribution < 1.29 is 5.11 Å². The molecule has 92 valence electrons. The van der Waals surface area contributed by atoms with Crippen molar-refractivity contribution in [3.05, 3.63) is 23.8 Å². The van der Waals surface area contributed by atoms with Crippen molar-refractivity contribution in [1.29, 1.82) is 5.26 Å². The van der Waals surface area contributed by atoms with Crippen molar-refractivity contribution in [3.8, 4) is 6.07 Å². The number of nitrogens with two attached hydrogens (primary N) is 1. The maximum atomic E-state index is 8.94. The zero-order valence-corrected chi connectivity index (χ0v) is 10.3. The molecule has 1 rings (SSSR count). The van der Waals surface area contributed by atoms with E-state index in [1.54, 1.807) is 12.1 Å². The molecule has 0 spiro atoms. The summed E-state index contributed by atoms with van der Waals surface area (Å²) in [6.07, 6.45) is 0.720. The molecule has 4 nitrogen and oxygen atoms in total. The van der Waals surface area contributed by atoms with E-state index in [9.17, 15) is 0 Å². The van der Waals surface area contributed by atoms with Crippen molar-refractivity contribution in [3.63, 3.8) is 0 Å². The van der Waals surface area contributed by atoms with Crippen LogP contribution in [0.5, 0.6) is 0 Å².